The van der Waals surface area contributed by atoms with Crippen molar-refractivity contribution in [2.45, 2.75) is 82.8 Å². The number of nitrogens with one attached hydrogen (secondary N) is 1. The fourth-order valence-electron chi connectivity index (χ4n) is 4.34. The number of hydrogen-bond acceptors (Lipinski definition) is 3. The zero-order valence-electron chi connectivity index (χ0n) is 12.8. The molecule has 0 aromatic rings. The van der Waals surface area contributed by atoms with Crippen molar-refractivity contribution in [1.82, 2.24) is 10.2 Å². The van der Waals surface area contributed by atoms with Crippen LogP contribution in [0.3, 0.4) is 0 Å². The second kappa shape index (κ2) is 7.05. The summed E-state index contributed by atoms with van der Waals surface area (Å²) in [7, 11) is 0. The maximum absolute atomic E-state index is 9.75. The summed E-state index contributed by atoms with van der Waals surface area (Å²) < 4.78 is 0. The minimum Gasteiger partial charge on any atom is -0.394 e. The van der Waals surface area contributed by atoms with Gasteiger partial charge in [0.1, 0.15) is 0 Å². The van der Waals surface area contributed by atoms with Crippen LogP contribution in [0.15, 0.2) is 0 Å². The monoisotopic (exact) mass is 268 g/mol. The van der Waals surface area contributed by atoms with Gasteiger partial charge in [0.25, 0.3) is 0 Å². The number of nitrogens with zero attached hydrogens (tertiary/aromatic N) is 1. The van der Waals surface area contributed by atoms with Gasteiger partial charge in [-0.1, -0.05) is 33.1 Å². The molecule has 0 spiro atoms. The van der Waals surface area contributed by atoms with Crippen molar-refractivity contribution in [2.75, 3.05) is 19.7 Å². The van der Waals surface area contributed by atoms with E-state index in [0.717, 1.165) is 25.4 Å². The van der Waals surface area contributed by atoms with Crippen molar-refractivity contribution in [1.29, 1.82) is 0 Å². The maximum Gasteiger partial charge on any atom is 0.0613 e. The van der Waals surface area contributed by atoms with E-state index in [0.29, 0.717) is 12.6 Å². The normalized spacial score (nSPS) is 33.2. The molecule has 112 valence electrons. The zero-order valence-corrected chi connectivity index (χ0v) is 12.8. The van der Waals surface area contributed by atoms with E-state index in [1.807, 2.05) is 0 Å². The Morgan fingerprint density at radius 3 is 2.42 bits per heavy atom. The van der Waals surface area contributed by atoms with Crippen LogP contribution >= 0.6 is 0 Å². The Morgan fingerprint density at radius 1 is 1.11 bits per heavy atom. The molecule has 0 radical (unpaired) electrons. The van der Waals surface area contributed by atoms with E-state index in [2.05, 4.69) is 24.1 Å². The van der Waals surface area contributed by atoms with E-state index in [9.17, 15) is 5.11 Å². The van der Waals surface area contributed by atoms with Crippen molar-refractivity contribution in [2.24, 2.45) is 0 Å². The summed E-state index contributed by atoms with van der Waals surface area (Å²) in [5, 5.41) is 13.3. The Labute approximate surface area is 118 Å². The molecule has 0 amide bonds. The van der Waals surface area contributed by atoms with Crippen LogP contribution in [0, 0.1) is 0 Å². The average molecular weight is 268 g/mol. The Kier molecular flexibility index (Phi) is 5.67. The van der Waals surface area contributed by atoms with Crippen LogP contribution in [0.2, 0.25) is 0 Å². The zero-order chi connectivity index (χ0) is 13.7. The Hall–Kier alpha value is -0.120. The lowest BCUT2D eigenvalue weighted by Crippen LogP contribution is -2.49. The fraction of sp³-hybridized carbons (Fsp3) is 1.00. The lowest BCUT2D eigenvalue weighted by atomic mass is 9.92. The molecule has 0 aromatic heterocycles. The molecule has 2 aliphatic rings. The Morgan fingerprint density at radius 2 is 1.84 bits per heavy atom. The van der Waals surface area contributed by atoms with E-state index in [1.165, 1.54) is 45.1 Å². The molecule has 0 aromatic carbocycles. The first-order valence-corrected chi connectivity index (χ1v) is 8.36. The van der Waals surface area contributed by atoms with E-state index in [1.54, 1.807) is 0 Å². The topological polar surface area (TPSA) is 35.5 Å². The number of aliphatic hydroxyl groups excluding tert-OH is 1. The third-order valence-corrected chi connectivity index (χ3v) is 5.31. The molecule has 0 saturated heterocycles. The van der Waals surface area contributed by atoms with Crippen LogP contribution in [0.5, 0.6) is 0 Å². The minimum atomic E-state index is 0.00149. The summed E-state index contributed by atoms with van der Waals surface area (Å²) in [5.74, 6) is 0. The quantitative estimate of drug-likeness (QED) is 0.777. The van der Waals surface area contributed by atoms with E-state index < -0.39 is 0 Å². The van der Waals surface area contributed by atoms with Crippen molar-refractivity contribution < 1.29 is 5.11 Å². The number of likely N-dealkylation sites (N-methyl/N-ethyl adjacent to an activating group) is 1. The second-order valence-corrected chi connectivity index (χ2v) is 6.49. The van der Waals surface area contributed by atoms with E-state index in [-0.39, 0.29) is 5.54 Å². The van der Waals surface area contributed by atoms with Gasteiger partial charge in [-0.25, -0.2) is 0 Å². The van der Waals surface area contributed by atoms with Crippen molar-refractivity contribution in [3.8, 4) is 0 Å². The summed E-state index contributed by atoms with van der Waals surface area (Å²) in [4.78, 5) is 2.74. The van der Waals surface area contributed by atoms with Gasteiger partial charge in [-0.05, 0) is 45.2 Å². The molecule has 2 rings (SSSR count). The fourth-order valence-corrected chi connectivity index (χ4v) is 4.34. The predicted octanol–water partition coefficient (Wildman–Crippen LogP) is 2.53. The molecule has 0 bridgehead atoms. The summed E-state index contributed by atoms with van der Waals surface area (Å²) in [6.07, 6.45) is 10.5. The lowest BCUT2D eigenvalue weighted by molar-refractivity contribution is 0.0980. The number of aliphatic hydroxyl groups is 1. The van der Waals surface area contributed by atoms with Gasteiger partial charge < -0.3 is 10.4 Å². The average Bonchev–Trinajstić information content (AvgIpc) is 2.86. The molecule has 2 unspecified atom stereocenters. The molecule has 3 heteroatoms. The van der Waals surface area contributed by atoms with Gasteiger partial charge >= 0.3 is 0 Å². The van der Waals surface area contributed by atoms with E-state index in [4.69, 9.17) is 0 Å². The molecular formula is C16H32N2O. The van der Waals surface area contributed by atoms with Crippen LogP contribution in [-0.4, -0.2) is 47.3 Å². The minimum absolute atomic E-state index is 0.00149. The molecule has 2 atom stereocenters. The third-order valence-electron chi connectivity index (χ3n) is 5.31. The first kappa shape index (κ1) is 15.3. The highest BCUT2D eigenvalue weighted by atomic mass is 16.3. The molecule has 0 aliphatic heterocycles. The van der Waals surface area contributed by atoms with Crippen molar-refractivity contribution in [3.05, 3.63) is 0 Å². The molecule has 19 heavy (non-hydrogen) atoms. The molecule has 2 saturated carbocycles. The van der Waals surface area contributed by atoms with Crippen LogP contribution in [0.25, 0.3) is 0 Å². The highest BCUT2D eigenvalue weighted by molar-refractivity contribution is 5.00. The predicted molar refractivity (Wildman–Crippen MR) is 80.4 cm³/mol. The first-order valence-electron chi connectivity index (χ1n) is 8.36. The van der Waals surface area contributed by atoms with Crippen LogP contribution < -0.4 is 5.32 Å². The highest BCUT2D eigenvalue weighted by Crippen LogP contribution is 2.36. The summed E-state index contributed by atoms with van der Waals surface area (Å²) in [5.41, 5.74) is 0.00149. The van der Waals surface area contributed by atoms with Gasteiger partial charge in [0.05, 0.1) is 6.61 Å². The summed E-state index contributed by atoms with van der Waals surface area (Å²) in [6, 6.07) is 1.49. The lowest BCUT2D eigenvalue weighted by Gasteiger charge is -2.39. The highest BCUT2D eigenvalue weighted by Gasteiger charge is 2.41. The van der Waals surface area contributed by atoms with Gasteiger partial charge in [-0.15, -0.1) is 0 Å². The standard InChI is InChI=1S/C16H32N2O/c1-3-17-16(13-19)11-10-15(12-16)18(4-2)14-8-6-5-7-9-14/h14-15,17,19H,3-13H2,1-2H3. The number of rotatable bonds is 6. The van der Waals surface area contributed by atoms with Crippen LogP contribution in [-0.2, 0) is 0 Å². The Bertz CT molecular complexity index is 265. The maximum atomic E-state index is 9.75. The third kappa shape index (κ3) is 3.50. The molecular weight excluding hydrogens is 236 g/mol. The molecule has 2 N–H and O–H groups in total. The smallest absolute Gasteiger partial charge is 0.0613 e. The summed E-state index contributed by atoms with van der Waals surface area (Å²) >= 11 is 0. The second-order valence-electron chi connectivity index (χ2n) is 6.49. The molecule has 3 nitrogen and oxygen atoms in total. The van der Waals surface area contributed by atoms with Gasteiger partial charge in [0, 0.05) is 17.6 Å². The van der Waals surface area contributed by atoms with Crippen molar-refractivity contribution in [3.63, 3.8) is 0 Å². The first-order chi connectivity index (χ1) is 9.24. The Balaban J connectivity index is 1.96. The van der Waals surface area contributed by atoms with E-state index >= 15 is 0 Å². The van der Waals surface area contributed by atoms with Gasteiger partial charge in [-0.3, -0.25) is 4.90 Å². The van der Waals surface area contributed by atoms with Gasteiger partial charge in [0.2, 0.25) is 0 Å². The number of hydrogen-bond donors (Lipinski definition) is 2. The van der Waals surface area contributed by atoms with Gasteiger partial charge in [0.15, 0.2) is 0 Å². The molecule has 2 aliphatic carbocycles. The largest absolute Gasteiger partial charge is 0.394 e. The van der Waals surface area contributed by atoms with Crippen LogP contribution in [0.4, 0.5) is 0 Å². The van der Waals surface area contributed by atoms with Crippen LogP contribution in [0.1, 0.15) is 65.2 Å². The summed E-state index contributed by atoms with van der Waals surface area (Å²) in [6.45, 7) is 6.87. The van der Waals surface area contributed by atoms with Crippen molar-refractivity contribution >= 4 is 0 Å². The van der Waals surface area contributed by atoms with Gasteiger partial charge in [-0.2, -0.15) is 0 Å². The SMILES string of the molecule is CCNC1(CO)CCC(N(CC)C2CCCCC2)C1. The molecule has 2 fully saturated rings. The molecule has 0 heterocycles.